The minimum absolute atomic E-state index is 0.0265. The lowest BCUT2D eigenvalue weighted by Crippen LogP contribution is -2.43. The van der Waals surface area contributed by atoms with E-state index >= 15 is 0 Å². The maximum absolute atomic E-state index is 12.8. The van der Waals surface area contributed by atoms with Crippen molar-refractivity contribution in [2.45, 2.75) is 71.4 Å². The molecule has 2 aliphatic rings. The number of hydrogen-bond donors (Lipinski definition) is 1. The van der Waals surface area contributed by atoms with Crippen LogP contribution in [-0.4, -0.2) is 21.5 Å². The monoisotopic (exact) mass is 367 g/mol. The molecule has 2 aromatic rings. The lowest BCUT2D eigenvalue weighted by atomic mass is 9.78. The summed E-state index contributed by atoms with van der Waals surface area (Å²) in [4.78, 5) is 30.4. The third kappa shape index (κ3) is 3.52. The highest BCUT2D eigenvalue weighted by molar-refractivity contribution is 5.97. The van der Waals surface area contributed by atoms with Crippen LogP contribution in [0.1, 0.15) is 68.6 Å². The summed E-state index contributed by atoms with van der Waals surface area (Å²) >= 11 is 0. The number of nitrogens with zero attached hydrogens (tertiary/aromatic N) is 2. The Morgan fingerprint density at radius 2 is 2.00 bits per heavy atom. The first-order chi connectivity index (χ1) is 13.0. The quantitative estimate of drug-likeness (QED) is 0.881. The van der Waals surface area contributed by atoms with Crippen molar-refractivity contribution < 1.29 is 4.79 Å². The smallest absolute Gasteiger partial charge is 0.261 e. The van der Waals surface area contributed by atoms with Crippen molar-refractivity contribution in [2.24, 2.45) is 11.8 Å². The van der Waals surface area contributed by atoms with Gasteiger partial charge in [-0.25, -0.2) is 4.98 Å². The first kappa shape index (κ1) is 18.2. The molecule has 0 unspecified atom stereocenters. The summed E-state index contributed by atoms with van der Waals surface area (Å²) in [7, 11) is 0. The van der Waals surface area contributed by atoms with E-state index in [1.54, 1.807) is 18.2 Å². The van der Waals surface area contributed by atoms with Crippen molar-refractivity contribution >= 4 is 16.8 Å². The lowest BCUT2D eigenvalue weighted by Gasteiger charge is -2.34. The van der Waals surface area contributed by atoms with Crippen LogP contribution in [0.4, 0.5) is 0 Å². The van der Waals surface area contributed by atoms with Gasteiger partial charge in [-0.15, -0.1) is 0 Å². The van der Waals surface area contributed by atoms with Gasteiger partial charge in [-0.3, -0.25) is 14.2 Å². The number of aryl methyl sites for hydroxylation is 1. The van der Waals surface area contributed by atoms with Gasteiger partial charge in [0.25, 0.3) is 11.5 Å². The molecule has 1 aromatic carbocycles. The van der Waals surface area contributed by atoms with E-state index in [9.17, 15) is 9.59 Å². The van der Waals surface area contributed by atoms with Crippen molar-refractivity contribution in [1.29, 1.82) is 0 Å². The maximum atomic E-state index is 12.8. The fourth-order valence-electron chi connectivity index (χ4n) is 4.60. The van der Waals surface area contributed by atoms with E-state index in [0.29, 0.717) is 28.3 Å². The van der Waals surface area contributed by atoms with Gasteiger partial charge in [-0.1, -0.05) is 33.1 Å². The molecule has 1 fully saturated rings. The Hall–Kier alpha value is -2.17. The van der Waals surface area contributed by atoms with Crippen molar-refractivity contribution in [3.8, 4) is 0 Å². The standard InChI is InChI=1S/C22H29N3O2/c1-14-7-6-8-18(15(14)2)24-21(26)16-10-11-17-19(13-16)23-20-9-4-3-5-12-25(20)22(17)27/h10-11,13-15,18H,3-9,12H2,1-2H3,(H,24,26)/t14-,15+,18+/m0/s1. The molecule has 3 atom stereocenters. The van der Waals surface area contributed by atoms with Gasteiger partial charge in [0, 0.05) is 24.6 Å². The molecule has 5 heteroatoms. The molecule has 27 heavy (non-hydrogen) atoms. The van der Waals surface area contributed by atoms with Crippen LogP contribution in [-0.2, 0) is 13.0 Å². The number of carbonyl (C=O) groups excluding carboxylic acids is 1. The molecular formula is C22H29N3O2. The Morgan fingerprint density at radius 1 is 1.15 bits per heavy atom. The predicted octanol–water partition coefficient (Wildman–Crippen LogP) is 3.68. The van der Waals surface area contributed by atoms with Crippen LogP contribution in [0.25, 0.3) is 10.9 Å². The lowest BCUT2D eigenvalue weighted by molar-refractivity contribution is 0.0891. The van der Waals surface area contributed by atoms with Gasteiger partial charge in [-0.05, 0) is 49.3 Å². The highest BCUT2D eigenvalue weighted by Crippen LogP contribution is 2.29. The van der Waals surface area contributed by atoms with Crippen LogP contribution in [0.15, 0.2) is 23.0 Å². The number of hydrogen-bond acceptors (Lipinski definition) is 3. The van der Waals surface area contributed by atoms with Crippen LogP contribution in [0, 0.1) is 11.8 Å². The molecule has 2 heterocycles. The fourth-order valence-corrected chi connectivity index (χ4v) is 4.60. The van der Waals surface area contributed by atoms with E-state index < -0.39 is 0 Å². The van der Waals surface area contributed by atoms with E-state index in [0.717, 1.165) is 44.5 Å². The first-order valence-electron chi connectivity index (χ1n) is 10.4. The zero-order valence-electron chi connectivity index (χ0n) is 16.3. The zero-order chi connectivity index (χ0) is 19.0. The van der Waals surface area contributed by atoms with Gasteiger partial charge in [0.15, 0.2) is 0 Å². The summed E-state index contributed by atoms with van der Waals surface area (Å²) < 4.78 is 1.82. The van der Waals surface area contributed by atoms with Crippen molar-refractivity contribution in [1.82, 2.24) is 14.9 Å². The van der Waals surface area contributed by atoms with Crippen molar-refractivity contribution in [2.75, 3.05) is 0 Å². The SMILES string of the molecule is C[C@@H]1[C@@H](C)CCC[C@H]1NC(=O)c1ccc2c(=O)n3c(nc2c1)CCCCC3. The van der Waals surface area contributed by atoms with Crippen LogP contribution < -0.4 is 10.9 Å². The average Bonchev–Trinajstić information content (AvgIpc) is 2.91. The molecule has 1 aliphatic heterocycles. The molecule has 4 rings (SSSR count). The number of fused-ring (bicyclic) bond motifs is 2. The van der Waals surface area contributed by atoms with E-state index in [1.165, 1.54) is 12.8 Å². The molecule has 1 aliphatic carbocycles. The van der Waals surface area contributed by atoms with E-state index in [4.69, 9.17) is 4.98 Å². The molecule has 1 saturated carbocycles. The summed E-state index contributed by atoms with van der Waals surface area (Å²) in [6.45, 7) is 5.24. The second-order valence-electron chi connectivity index (χ2n) is 8.37. The molecule has 0 radical (unpaired) electrons. The number of rotatable bonds is 2. The van der Waals surface area contributed by atoms with Crippen LogP contribution in [0.2, 0.25) is 0 Å². The Kier molecular flexibility index (Phi) is 5.02. The second-order valence-corrected chi connectivity index (χ2v) is 8.37. The fraction of sp³-hybridized carbons (Fsp3) is 0.591. The van der Waals surface area contributed by atoms with E-state index in [1.807, 2.05) is 4.57 Å². The molecule has 1 amide bonds. The highest BCUT2D eigenvalue weighted by atomic mass is 16.1. The van der Waals surface area contributed by atoms with Gasteiger partial charge in [0.1, 0.15) is 5.82 Å². The van der Waals surface area contributed by atoms with Gasteiger partial charge in [0.2, 0.25) is 0 Å². The number of carbonyl (C=O) groups is 1. The molecule has 144 valence electrons. The molecule has 0 bridgehead atoms. The Morgan fingerprint density at radius 3 is 2.85 bits per heavy atom. The Balaban J connectivity index is 1.63. The number of benzene rings is 1. The van der Waals surface area contributed by atoms with Gasteiger partial charge in [-0.2, -0.15) is 0 Å². The largest absolute Gasteiger partial charge is 0.349 e. The van der Waals surface area contributed by atoms with Crippen LogP contribution >= 0.6 is 0 Å². The number of aromatic nitrogens is 2. The maximum Gasteiger partial charge on any atom is 0.261 e. The first-order valence-corrected chi connectivity index (χ1v) is 10.4. The van der Waals surface area contributed by atoms with Crippen molar-refractivity contribution in [3.05, 3.63) is 39.9 Å². The normalized spacial score (nSPS) is 25.6. The summed E-state index contributed by atoms with van der Waals surface area (Å²) in [6.07, 6.45) is 7.50. The molecular weight excluding hydrogens is 338 g/mol. The number of amides is 1. The number of nitrogens with one attached hydrogen (secondary N) is 1. The Bertz CT molecular complexity index is 918. The Labute approximate surface area is 160 Å². The summed E-state index contributed by atoms with van der Waals surface area (Å²) in [5.41, 5.74) is 1.27. The van der Waals surface area contributed by atoms with Gasteiger partial charge < -0.3 is 5.32 Å². The summed E-state index contributed by atoms with van der Waals surface area (Å²) in [6, 6.07) is 5.54. The van der Waals surface area contributed by atoms with Gasteiger partial charge in [0.05, 0.1) is 10.9 Å². The van der Waals surface area contributed by atoms with E-state index in [-0.39, 0.29) is 17.5 Å². The predicted molar refractivity (Wildman–Crippen MR) is 107 cm³/mol. The van der Waals surface area contributed by atoms with E-state index in [2.05, 4.69) is 19.2 Å². The van der Waals surface area contributed by atoms with Gasteiger partial charge >= 0.3 is 0 Å². The zero-order valence-corrected chi connectivity index (χ0v) is 16.3. The van der Waals surface area contributed by atoms with Crippen LogP contribution in [0.3, 0.4) is 0 Å². The molecule has 0 saturated heterocycles. The van der Waals surface area contributed by atoms with Crippen LogP contribution in [0.5, 0.6) is 0 Å². The highest BCUT2D eigenvalue weighted by Gasteiger charge is 2.28. The minimum atomic E-state index is -0.0558. The summed E-state index contributed by atoms with van der Waals surface area (Å²) in [5.74, 6) is 1.93. The van der Waals surface area contributed by atoms with Crippen molar-refractivity contribution in [3.63, 3.8) is 0 Å². The topological polar surface area (TPSA) is 64.0 Å². The summed E-state index contributed by atoms with van der Waals surface area (Å²) in [5, 5.41) is 3.83. The third-order valence-corrected chi connectivity index (χ3v) is 6.60. The average molecular weight is 367 g/mol. The molecule has 1 aromatic heterocycles. The minimum Gasteiger partial charge on any atom is -0.349 e. The third-order valence-electron chi connectivity index (χ3n) is 6.60. The molecule has 5 nitrogen and oxygen atoms in total. The molecule has 1 N–H and O–H groups in total. The second kappa shape index (κ2) is 7.45. The molecule has 0 spiro atoms.